The van der Waals surface area contributed by atoms with Crippen molar-refractivity contribution in [2.24, 2.45) is 11.7 Å². The summed E-state index contributed by atoms with van der Waals surface area (Å²) < 4.78 is 4.74. The van der Waals surface area contributed by atoms with E-state index in [0.29, 0.717) is 18.9 Å². The van der Waals surface area contributed by atoms with E-state index in [2.05, 4.69) is 0 Å². The van der Waals surface area contributed by atoms with Crippen molar-refractivity contribution in [3.05, 3.63) is 0 Å². The molecular formula is C8H19Cl2NO2. The third kappa shape index (κ3) is 9.93. The van der Waals surface area contributed by atoms with Gasteiger partial charge in [0, 0.05) is 0 Å². The van der Waals surface area contributed by atoms with E-state index in [0.717, 1.165) is 0 Å². The Balaban J connectivity index is -0.000000500. The number of rotatable bonds is 4. The first kappa shape index (κ1) is 18.7. The van der Waals surface area contributed by atoms with Crippen molar-refractivity contribution >= 4 is 30.8 Å². The van der Waals surface area contributed by atoms with Gasteiger partial charge in [-0.3, -0.25) is 4.79 Å². The molecule has 3 nitrogen and oxygen atoms in total. The summed E-state index contributed by atoms with van der Waals surface area (Å²) in [5, 5.41) is 0. The number of halogens is 2. The van der Waals surface area contributed by atoms with E-state index in [1.54, 1.807) is 6.92 Å². The van der Waals surface area contributed by atoms with Crippen LogP contribution in [0.25, 0.3) is 0 Å². The molecule has 0 aliphatic rings. The van der Waals surface area contributed by atoms with Crippen LogP contribution in [0.5, 0.6) is 0 Å². The van der Waals surface area contributed by atoms with Crippen molar-refractivity contribution < 1.29 is 9.53 Å². The standard InChI is InChI=1S/C8H17NO2.2ClH/c1-4-11-8(10)7(9)5-6(2)3;;/h6-7H,4-5,9H2,1-3H3;2*1H. The Morgan fingerprint density at radius 3 is 2.15 bits per heavy atom. The fourth-order valence-corrected chi connectivity index (χ4v) is 0.853. The molecule has 0 bridgehead atoms. The molecule has 2 N–H and O–H groups in total. The predicted octanol–water partition coefficient (Wildman–Crippen LogP) is 1.77. The average molecular weight is 232 g/mol. The number of hydrogen-bond acceptors (Lipinski definition) is 3. The maximum absolute atomic E-state index is 10.9. The summed E-state index contributed by atoms with van der Waals surface area (Å²) in [7, 11) is 0. The van der Waals surface area contributed by atoms with Gasteiger partial charge in [0.15, 0.2) is 0 Å². The van der Waals surface area contributed by atoms with Gasteiger partial charge in [0.2, 0.25) is 0 Å². The van der Waals surface area contributed by atoms with E-state index in [1.165, 1.54) is 0 Å². The summed E-state index contributed by atoms with van der Waals surface area (Å²) in [6.45, 7) is 6.24. The first-order chi connectivity index (χ1) is 5.07. The van der Waals surface area contributed by atoms with E-state index in [1.807, 2.05) is 13.8 Å². The Bertz CT molecular complexity index is 131. The second kappa shape index (κ2) is 10.1. The lowest BCUT2D eigenvalue weighted by atomic mass is 10.1. The fraction of sp³-hybridized carbons (Fsp3) is 0.875. The van der Waals surface area contributed by atoms with Crippen LogP contribution in [0, 0.1) is 5.92 Å². The molecule has 82 valence electrons. The van der Waals surface area contributed by atoms with Gasteiger partial charge in [-0.2, -0.15) is 0 Å². The van der Waals surface area contributed by atoms with Crippen molar-refractivity contribution in [3.63, 3.8) is 0 Å². The number of ether oxygens (including phenoxy) is 1. The van der Waals surface area contributed by atoms with E-state index in [4.69, 9.17) is 10.5 Å². The van der Waals surface area contributed by atoms with Gasteiger partial charge in [0.1, 0.15) is 6.04 Å². The normalized spacial score (nSPS) is 11.2. The van der Waals surface area contributed by atoms with Crippen molar-refractivity contribution in [2.45, 2.75) is 33.2 Å². The van der Waals surface area contributed by atoms with Crippen LogP contribution in [0.2, 0.25) is 0 Å². The quantitative estimate of drug-likeness (QED) is 0.751. The van der Waals surface area contributed by atoms with Gasteiger partial charge in [0.25, 0.3) is 0 Å². The van der Waals surface area contributed by atoms with E-state index in [9.17, 15) is 4.79 Å². The minimum absolute atomic E-state index is 0. The molecule has 0 saturated heterocycles. The van der Waals surface area contributed by atoms with Gasteiger partial charge in [0.05, 0.1) is 6.61 Å². The molecule has 5 heteroatoms. The fourth-order valence-electron chi connectivity index (χ4n) is 0.853. The van der Waals surface area contributed by atoms with Crippen molar-refractivity contribution in [3.8, 4) is 0 Å². The minimum Gasteiger partial charge on any atom is -0.465 e. The third-order valence-electron chi connectivity index (χ3n) is 1.31. The van der Waals surface area contributed by atoms with Crippen LogP contribution >= 0.6 is 24.8 Å². The largest absolute Gasteiger partial charge is 0.465 e. The highest BCUT2D eigenvalue weighted by atomic mass is 35.5. The van der Waals surface area contributed by atoms with Crippen LogP contribution in [0.4, 0.5) is 0 Å². The van der Waals surface area contributed by atoms with Gasteiger partial charge in [-0.1, -0.05) is 13.8 Å². The zero-order valence-corrected chi connectivity index (χ0v) is 9.91. The Morgan fingerprint density at radius 2 is 1.85 bits per heavy atom. The molecule has 0 rings (SSSR count). The minimum atomic E-state index is -0.449. The summed E-state index contributed by atoms with van der Waals surface area (Å²) in [6.07, 6.45) is 0.693. The van der Waals surface area contributed by atoms with Crippen LogP contribution in [-0.4, -0.2) is 18.6 Å². The second-order valence-corrected chi connectivity index (χ2v) is 2.99. The number of carbonyl (C=O) groups excluding carboxylic acids is 1. The van der Waals surface area contributed by atoms with E-state index >= 15 is 0 Å². The molecule has 0 radical (unpaired) electrons. The third-order valence-corrected chi connectivity index (χ3v) is 1.31. The number of hydrogen-bond donors (Lipinski definition) is 1. The molecule has 0 aliphatic carbocycles. The van der Waals surface area contributed by atoms with E-state index in [-0.39, 0.29) is 30.8 Å². The summed E-state index contributed by atoms with van der Waals surface area (Å²) in [5.74, 6) is 0.149. The molecule has 0 fully saturated rings. The molecular weight excluding hydrogens is 213 g/mol. The molecule has 0 aromatic rings. The average Bonchev–Trinajstić information content (AvgIpc) is 1.86. The van der Waals surface area contributed by atoms with Crippen LogP contribution < -0.4 is 5.73 Å². The van der Waals surface area contributed by atoms with E-state index < -0.39 is 6.04 Å². The maximum atomic E-state index is 10.9. The smallest absolute Gasteiger partial charge is 0.322 e. The Labute approximate surface area is 92.2 Å². The topological polar surface area (TPSA) is 52.3 Å². The maximum Gasteiger partial charge on any atom is 0.322 e. The van der Waals surface area contributed by atoms with Crippen molar-refractivity contribution in [1.29, 1.82) is 0 Å². The highest BCUT2D eigenvalue weighted by Crippen LogP contribution is 2.03. The molecule has 0 aliphatic heterocycles. The Kier molecular flexibility index (Phi) is 14.5. The van der Waals surface area contributed by atoms with Gasteiger partial charge in [-0.05, 0) is 19.3 Å². The Hall–Kier alpha value is 0.01000. The van der Waals surface area contributed by atoms with Gasteiger partial charge >= 0.3 is 5.97 Å². The summed E-state index contributed by atoms with van der Waals surface area (Å²) in [6, 6.07) is -0.449. The highest BCUT2D eigenvalue weighted by Gasteiger charge is 2.15. The Morgan fingerprint density at radius 1 is 1.38 bits per heavy atom. The first-order valence-corrected chi connectivity index (χ1v) is 4.00. The SMILES string of the molecule is CCOC(=O)C(N)CC(C)C.Cl.Cl. The van der Waals surface area contributed by atoms with Crippen LogP contribution in [-0.2, 0) is 9.53 Å². The van der Waals surface area contributed by atoms with Crippen LogP contribution in [0.3, 0.4) is 0 Å². The molecule has 0 amide bonds. The zero-order valence-electron chi connectivity index (χ0n) is 8.28. The second-order valence-electron chi connectivity index (χ2n) is 2.99. The molecule has 0 aromatic carbocycles. The lowest BCUT2D eigenvalue weighted by Crippen LogP contribution is -2.33. The first-order valence-electron chi connectivity index (χ1n) is 4.00. The summed E-state index contributed by atoms with van der Waals surface area (Å²) in [4.78, 5) is 10.9. The number of nitrogens with two attached hydrogens (primary N) is 1. The molecule has 1 atom stereocenters. The summed E-state index contributed by atoms with van der Waals surface area (Å²) >= 11 is 0. The van der Waals surface area contributed by atoms with Gasteiger partial charge < -0.3 is 10.5 Å². The molecule has 0 heterocycles. The van der Waals surface area contributed by atoms with Crippen molar-refractivity contribution in [1.82, 2.24) is 0 Å². The molecule has 13 heavy (non-hydrogen) atoms. The van der Waals surface area contributed by atoms with Crippen LogP contribution in [0.15, 0.2) is 0 Å². The van der Waals surface area contributed by atoms with Crippen LogP contribution in [0.1, 0.15) is 27.2 Å². The zero-order chi connectivity index (χ0) is 8.85. The van der Waals surface area contributed by atoms with Gasteiger partial charge in [-0.15, -0.1) is 24.8 Å². The molecule has 0 saturated carbocycles. The molecule has 0 spiro atoms. The highest BCUT2D eigenvalue weighted by molar-refractivity contribution is 5.85. The lowest BCUT2D eigenvalue weighted by molar-refractivity contribution is -0.145. The molecule has 0 aromatic heterocycles. The molecule has 1 unspecified atom stereocenters. The summed E-state index contributed by atoms with van der Waals surface area (Å²) in [5.41, 5.74) is 5.53. The monoisotopic (exact) mass is 231 g/mol. The lowest BCUT2D eigenvalue weighted by Gasteiger charge is -2.11. The predicted molar refractivity (Wildman–Crippen MR) is 58.6 cm³/mol. The number of carbonyl (C=O) groups is 1. The van der Waals surface area contributed by atoms with Crippen molar-refractivity contribution in [2.75, 3.05) is 6.61 Å². The number of esters is 1. The van der Waals surface area contributed by atoms with Gasteiger partial charge in [-0.25, -0.2) is 0 Å².